The topological polar surface area (TPSA) is 9.23 Å². The van der Waals surface area contributed by atoms with E-state index < -0.39 is 0 Å². The van der Waals surface area contributed by atoms with Gasteiger partial charge in [-0.05, 0) is 85.0 Å². The molecule has 0 aromatic heterocycles. The van der Waals surface area contributed by atoms with Gasteiger partial charge in [0, 0.05) is 0 Å². The van der Waals surface area contributed by atoms with Crippen LogP contribution in [0.1, 0.15) is 127 Å². The molecule has 2 aromatic carbocycles. The number of hydrogen-bond donors (Lipinski definition) is 0. The third-order valence-corrected chi connectivity index (χ3v) is 8.65. The van der Waals surface area contributed by atoms with E-state index in [0.717, 1.165) is 24.4 Å². The number of benzene rings is 2. The Bertz CT molecular complexity index is 805. The van der Waals surface area contributed by atoms with E-state index in [9.17, 15) is 0 Å². The molecule has 34 heavy (non-hydrogen) atoms. The molecule has 2 aromatic rings. The quantitative estimate of drug-likeness (QED) is 0.303. The predicted molar refractivity (Wildman–Crippen MR) is 146 cm³/mol. The van der Waals surface area contributed by atoms with E-state index in [1.807, 2.05) is 0 Å². The fraction of sp³-hybridized carbons (Fsp3) is 0.636. The van der Waals surface area contributed by atoms with Gasteiger partial charge in [0.05, 0.1) is 12.7 Å². The molecule has 0 amide bonds. The maximum absolute atomic E-state index is 6.24. The highest BCUT2D eigenvalue weighted by molar-refractivity contribution is 5.64. The number of unbranched alkanes of at least 4 members (excludes halogenated alkanes) is 4. The van der Waals surface area contributed by atoms with Gasteiger partial charge in [-0.1, -0.05) is 107 Å². The summed E-state index contributed by atoms with van der Waals surface area (Å²) in [6.07, 6.45) is 19.5. The van der Waals surface area contributed by atoms with Crippen molar-refractivity contribution in [2.24, 2.45) is 11.8 Å². The van der Waals surface area contributed by atoms with Crippen molar-refractivity contribution < 1.29 is 4.74 Å². The Morgan fingerprint density at radius 3 is 1.76 bits per heavy atom. The Balaban J connectivity index is 1.25. The summed E-state index contributed by atoms with van der Waals surface area (Å²) in [4.78, 5) is 0. The monoisotopic (exact) mass is 460 g/mol. The van der Waals surface area contributed by atoms with E-state index in [-0.39, 0.29) is 6.10 Å². The maximum atomic E-state index is 6.24. The van der Waals surface area contributed by atoms with Gasteiger partial charge in [-0.25, -0.2) is 0 Å². The average Bonchev–Trinajstić information content (AvgIpc) is 2.91. The Hall–Kier alpha value is -1.60. The van der Waals surface area contributed by atoms with Crippen LogP contribution in [-0.4, -0.2) is 6.61 Å². The molecule has 4 rings (SSSR count). The van der Waals surface area contributed by atoms with Crippen LogP contribution in [0.15, 0.2) is 48.5 Å². The van der Waals surface area contributed by atoms with Crippen LogP contribution in [0.25, 0.3) is 11.1 Å². The molecule has 2 unspecified atom stereocenters. The van der Waals surface area contributed by atoms with Crippen molar-refractivity contribution >= 4 is 0 Å². The van der Waals surface area contributed by atoms with Gasteiger partial charge in [-0.2, -0.15) is 0 Å². The fourth-order valence-electron chi connectivity index (χ4n) is 6.27. The second-order valence-corrected chi connectivity index (χ2v) is 11.2. The molecular formula is C33H48O. The maximum Gasteiger partial charge on any atom is 0.0825 e. The van der Waals surface area contributed by atoms with Crippen molar-refractivity contribution in [3.8, 4) is 11.1 Å². The number of hydrogen-bond acceptors (Lipinski definition) is 1. The molecule has 1 saturated heterocycles. The molecular weight excluding hydrogens is 412 g/mol. The van der Waals surface area contributed by atoms with Crippen LogP contribution in [-0.2, 0) is 4.74 Å². The SMILES string of the molecule is CCCCCCC1CCC(c2ccc(-c3ccc(C4CCC(CCCC)CO4)cc3)cc2)CC1. The highest BCUT2D eigenvalue weighted by Gasteiger charge is 2.23. The third-order valence-electron chi connectivity index (χ3n) is 8.65. The van der Waals surface area contributed by atoms with Crippen LogP contribution in [0, 0.1) is 11.8 Å². The van der Waals surface area contributed by atoms with E-state index in [1.54, 1.807) is 5.56 Å². The number of rotatable bonds is 11. The van der Waals surface area contributed by atoms with E-state index in [4.69, 9.17) is 4.74 Å². The molecule has 0 bridgehead atoms. The summed E-state index contributed by atoms with van der Waals surface area (Å²) < 4.78 is 6.24. The lowest BCUT2D eigenvalue weighted by Gasteiger charge is -2.29. The van der Waals surface area contributed by atoms with Gasteiger partial charge in [-0.3, -0.25) is 0 Å². The summed E-state index contributed by atoms with van der Waals surface area (Å²) in [5, 5.41) is 0. The zero-order valence-corrected chi connectivity index (χ0v) is 21.9. The van der Waals surface area contributed by atoms with Crippen molar-refractivity contribution in [2.45, 2.75) is 116 Å². The lowest BCUT2D eigenvalue weighted by atomic mass is 9.77. The van der Waals surface area contributed by atoms with Gasteiger partial charge in [0.15, 0.2) is 0 Å². The van der Waals surface area contributed by atoms with E-state index in [0.29, 0.717) is 0 Å². The van der Waals surface area contributed by atoms with Gasteiger partial charge in [-0.15, -0.1) is 0 Å². The van der Waals surface area contributed by atoms with Crippen LogP contribution in [0.5, 0.6) is 0 Å². The molecule has 2 atom stereocenters. The fourth-order valence-corrected chi connectivity index (χ4v) is 6.27. The summed E-state index contributed by atoms with van der Waals surface area (Å²) in [7, 11) is 0. The zero-order valence-electron chi connectivity index (χ0n) is 21.9. The summed E-state index contributed by atoms with van der Waals surface area (Å²) in [5.41, 5.74) is 5.56. The Morgan fingerprint density at radius 1 is 0.588 bits per heavy atom. The molecule has 2 aliphatic rings. The van der Waals surface area contributed by atoms with Crippen LogP contribution in [0.2, 0.25) is 0 Å². The van der Waals surface area contributed by atoms with Gasteiger partial charge in [0.1, 0.15) is 0 Å². The second kappa shape index (κ2) is 13.5. The third kappa shape index (κ3) is 7.20. The van der Waals surface area contributed by atoms with Crippen LogP contribution >= 0.6 is 0 Å². The molecule has 1 nitrogen and oxygen atoms in total. The van der Waals surface area contributed by atoms with Crippen LogP contribution in [0.4, 0.5) is 0 Å². The minimum Gasteiger partial charge on any atom is -0.373 e. The molecule has 1 heterocycles. The lowest BCUT2D eigenvalue weighted by molar-refractivity contribution is -0.0197. The largest absolute Gasteiger partial charge is 0.373 e. The Kier molecular flexibility index (Phi) is 10.1. The molecule has 186 valence electrons. The predicted octanol–water partition coefficient (Wildman–Crippen LogP) is 10.3. The minimum absolute atomic E-state index is 0.288. The van der Waals surface area contributed by atoms with Gasteiger partial charge in [0.25, 0.3) is 0 Å². The molecule has 0 radical (unpaired) electrons. The van der Waals surface area contributed by atoms with Crippen molar-refractivity contribution in [3.63, 3.8) is 0 Å². The molecule has 2 fully saturated rings. The molecule has 1 aliphatic carbocycles. The molecule has 0 N–H and O–H groups in total. The minimum atomic E-state index is 0.288. The van der Waals surface area contributed by atoms with E-state index in [1.165, 1.54) is 107 Å². The number of ether oxygens (including phenoxy) is 1. The smallest absolute Gasteiger partial charge is 0.0825 e. The van der Waals surface area contributed by atoms with E-state index in [2.05, 4.69) is 62.4 Å². The first-order valence-electron chi connectivity index (χ1n) is 14.6. The Labute approximate surface area is 209 Å². The molecule has 1 aliphatic heterocycles. The normalized spacial score (nSPS) is 25.4. The van der Waals surface area contributed by atoms with Crippen molar-refractivity contribution in [3.05, 3.63) is 59.7 Å². The van der Waals surface area contributed by atoms with Crippen LogP contribution < -0.4 is 0 Å². The summed E-state index contributed by atoms with van der Waals surface area (Å²) in [6, 6.07) is 18.7. The van der Waals surface area contributed by atoms with Gasteiger partial charge in [0.2, 0.25) is 0 Å². The first-order valence-corrected chi connectivity index (χ1v) is 14.6. The van der Waals surface area contributed by atoms with Crippen molar-refractivity contribution in [1.29, 1.82) is 0 Å². The van der Waals surface area contributed by atoms with Crippen LogP contribution in [0.3, 0.4) is 0 Å². The highest BCUT2D eigenvalue weighted by atomic mass is 16.5. The average molecular weight is 461 g/mol. The van der Waals surface area contributed by atoms with Gasteiger partial charge >= 0.3 is 0 Å². The van der Waals surface area contributed by atoms with Crippen molar-refractivity contribution in [1.82, 2.24) is 0 Å². The van der Waals surface area contributed by atoms with E-state index >= 15 is 0 Å². The first-order chi connectivity index (χ1) is 16.8. The van der Waals surface area contributed by atoms with Crippen molar-refractivity contribution in [2.75, 3.05) is 6.61 Å². The molecule has 0 spiro atoms. The lowest BCUT2D eigenvalue weighted by Crippen LogP contribution is -2.20. The summed E-state index contributed by atoms with van der Waals surface area (Å²) in [6.45, 7) is 5.53. The van der Waals surface area contributed by atoms with Gasteiger partial charge < -0.3 is 4.74 Å². The first kappa shape index (κ1) is 25.5. The summed E-state index contributed by atoms with van der Waals surface area (Å²) >= 11 is 0. The molecule has 1 heteroatoms. The standard InChI is InChI=1S/C33H48O/c1-3-5-7-8-10-26-11-14-28(15-12-26)29-16-18-30(19-17-29)31-20-22-32(23-21-31)33-24-13-27(25-34-33)9-6-4-2/h16-23,26-28,33H,3-15,24-25H2,1-2H3. The zero-order chi connectivity index (χ0) is 23.6. The molecule has 1 saturated carbocycles. The highest BCUT2D eigenvalue weighted by Crippen LogP contribution is 2.38. The Morgan fingerprint density at radius 2 is 1.18 bits per heavy atom. The summed E-state index contributed by atoms with van der Waals surface area (Å²) in [5.74, 6) is 2.53. The second-order valence-electron chi connectivity index (χ2n) is 11.2.